The van der Waals surface area contributed by atoms with Gasteiger partial charge in [0.2, 0.25) is 10.0 Å². The number of hydrogen-bond donors (Lipinski definition) is 0. The lowest BCUT2D eigenvalue weighted by atomic mass is 10.0. The molecule has 0 amide bonds. The minimum absolute atomic E-state index is 0.182. The monoisotopic (exact) mass is 251 g/mol. The molecule has 0 spiro atoms. The van der Waals surface area contributed by atoms with Crippen LogP contribution in [0.5, 0.6) is 0 Å². The van der Waals surface area contributed by atoms with Crippen LogP contribution in [0.25, 0.3) is 5.57 Å². The van der Waals surface area contributed by atoms with E-state index in [4.69, 9.17) is 0 Å². The number of benzene rings is 1. The van der Waals surface area contributed by atoms with Crippen molar-refractivity contribution in [2.75, 3.05) is 18.8 Å². The predicted octanol–water partition coefficient (Wildman–Crippen LogP) is 2.13. The predicted molar refractivity (Wildman–Crippen MR) is 70.1 cm³/mol. The molecule has 0 unspecified atom stereocenters. The lowest BCUT2D eigenvalue weighted by Crippen LogP contribution is -2.35. The molecule has 0 bridgehead atoms. The Hall–Kier alpha value is -1.13. The molecule has 1 aliphatic heterocycles. The van der Waals surface area contributed by atoms with Gasteiger partial charge >= 0.3 is 0 Å². The van der Waals surface area contributed by atoms with Gasteiger partial charge in [0.25, 0.3) is 0 Å². The molecule has 1 aromatic carbocycles. The Morgan fingerprint density at radius 1 is 1.24 bits per heavy atom. The average Bonchev–Trinajstić information content (AvgIpc) is 2.40. The van der Waals surface area contributed by atoms with E-state index in [2.05, 4.69) is 12.1 Å². The Kier molecular flexibility index (Phi) is 3.64. The van der Waals surface area contributed by atoms with Crippen LogP contribution in [0.3, 0.4) is 0 Å². The summed E-state index contributed by atoms with van der Waals surface area (Å²) in [7, 11) is -3.04. The highest BCUT2D eigenvalue weighted by molar-refractivity contribution is 7.89. The van der Waals surface area contributed by atoms with E-state index < -0.39 is 10.0 Å². The topological polar surface area (TPSA) is 37.4 Å². The van der Waals surface area contributed by atoms with Crippen LogP contribution in [0, 0.1) is 0 Å². The summed E-state index contributed by atoms with van der Waals surface area (Å²) in [6, 6.07) is 10.1. The van der Waals surface area contributed by atoms with Gasteiger partial charge < -0.3 is 0 Å². The fourth-order valence-corrected chi connectivity index (χ4v) is 3.04. The first kappa shape index (κ1) is 12.3. The Morgan fingerprint density at radius 3 is 2.47 bits per heavy atom. The Morgan fingerprint density at radius 2 is 1.94 bits per heavy atom. The molecule has 0 aliphatic carbocycles. The number of sulfonamides is 1. The third-order valence-electron chi connectivity index (χ3n) is 3.07. The van der Waals surface area contributed by atoms with E-state index >= 15 is 0 Å². The first-order chi connectivity index (χ1) is 8.13. The highest BCUT2D eigenvalue weighted by Crippen LogP contribution is 2.23. The van der Waals surface area contributed by atoms with Crippen molar-refractivity contribution in [3.8, 4) is 0 Å². The molecule has 92 valence electrons. The van der Waals surface area contributed by atoms with E-state index in [9.17, 15) is 8.42 Å². The van der Waals surface area contributed by atoms with Crippen LogP contribution >= 0.6 is 0 Å². The van der Waals surface area contributed by atoms with Crippen molar-refractivity contribution in [1.29, 1.82) is 0 Å². The van der Waals surface area contributed by atoms with Crippen molar-refractivity contribution in [3.63, 3.8) is 0 Å². The number of hydrogen-bond acceptors (Lipinski definition) is 2. The first-order valence-corrected chi connectivity index (χ1v) is 7.46. The zero-order valence-corrected chi connectivity index (χ0v) is 10.8. The average molecular weight is 251 g/mol. The van der Waals surface area contributed by atoms with Crippen LogP contribution < -0.4 is 0 Å². The van der Waals surface area contributed by atoms with Gasteiger partial charge in [-0.2, -0.15) is 4.31 Å². The van der Waals surface area contributed by atoms with Crippen molar-refractivity contribution in [1.82, 2.24) is 4.31 Å². The quantitative estimate of drug-likeness (QED) is 0.825. The zero-order chi connectivity index (χ0) is 12.3. The van der Waals surface area contributed by atoms with Gasteiger partial charge in [0.05, 0.1) is 5.75 Å². The Bertz CT molecular complexity index is 505. The summed E-state index contributed by atoms with van der Waals surface area (Å²) in [6.45, 7) is 2.78. The van der Waals surface area contributed by atoms with Gasteiger partial charge in [-0.25, -0.2) is 8.42 Å². The van der Waals surface area contributed by atoms with E-state index in [-0.39, 0.29) is 5.75 Å². The summed E-state index contributed by atoms with van der Waals surface area (Å²) < 4.78 is 24.9. The van der Waals surface area contributed by atoms with E-state index in [1.165, 1.54) is 11.1 Å². The molecule has 2 rings (SSSR count). The Labute approximate surface area is 103 Å². The molecule has 17 heavy (non-hydrogen) atoms. The molecule has 0 atom stereocenters. The van der Waals surface area contributed by atoms with Gasteiger partial charge in [0, 0.05) is 13.1 Å². The molecule has 4 heteroatoms. The lowest BCUT2D eigenvalue weighted by molar-refractivity contribution is 0.442. The van der Waals surface area contributed by atoms with Gasteiger partial charge in [-0.1, -0.05) is 36.4 Å². The van der Waals surface area contributed by atoms with Gasteiger partial charge in [0.1, 0.15) is 0 Å². The third-order valence-corrected chi connectivity index (χ3v) is 4.92. The second kappa shape index (κ2) is 5.02. The largest absolute Gasteiger partial charge is 0.214 e. The standard InChI is InChI=1S/C13H17NO2S/c1-2-17(15,16)14-10-8-13(9-11-14)12-6-4-3-5-7-12/h3-8H,2,9-11H2,1H3. The summed E-state index contributed by atoms with van der Waals surface area (Å²) >= 11 is 0. The fourth-order valence-electron chi connectivity index (χ4n) is 2.00. The van der Waals surface area contributed by atoms with E-state index in [1.807, 2.05) is 24.3 Å². The second-order valence-electron chi connectivity index (χ2n) is 4.10. The van der Waals surface area contributed by atoms with Crippen molar-refractivity contribution < 1.29 is 8.42 Å². The molecule has 0 saturated heterocycles. The third kappa shape index (κ3) is 2.76. The summed E-state index contributed by atoms with van der Waals surface area (Å²) in [6.07, 6.45) is 2.81. The zero-order valence-electron chi connectivity index (χ0n) is 9.96. The van der Waals surface area contributed by atoms with Crippen LogP contribution in [0.4, 0.5) is 0 Å². The van der Waals surface area contributed by atoms with Crippen molar-refractivity contribution in [2.24, 2.45) is 0 Å². The highest BCUT2D eigenvalue weighted by Gasteiger charge is 2.22. The van der Waals surface area contributed by atoms with Gasteiger partial charge in [-0.05, 0) is 24.5 Å². The molecule has 1 heterocycles. The molecule has 0 radical (unpaired) electrons. The summed E-state index contributed by atoms with van der Waals surface area (Å²) in [5, 5.41) is 0. The summed E-state index contributed by atoms with van der Waals surface area (Å²) in [5.74, 6) is 0.182. The first-order valence-electron chi connectivity index (χ1n) is 5.86. The summed E-state index contributed by atoms with van der Waals surface area (Å²) in [4.78, 5) is 0. The maximum Gasteiger partial charge on any atom is 0.214 e. The SMILES string of the molecule is CCS(=O)(=O)N1CC=C(c2ccccc2)CC1. The normalized spacial score (nSPS) is 17.8. The maximum absolute atomic E-state index is 11.7. The molecule has 0 aromatic heterocycles. The van der Waals surface area contributed by atoms with Gasteiger partial charge in [-0.3, -0.25) is 0 Å². The number of nitrogens with zero attached hydrogens (tertiary/aromatic N) is 1. The van der Waals surface area contributed by atoms with E-state index in [1.54, 1.807) is 11.2 Å². The van der Waals surface area contributed by atoms with Crippen LogP contribution in [-0.4, -0.2) is 31.6 Å². The maximum atomic E-state index is 11.7. The molecular formula is C13H17NO2S. The van der Waals surface area contributed by atoms with Crippen molar-refractivity contribution in [3.05, 3.63) is 42.0 Å². The summed E-state index contributed by atoms with van der Waals surface area (Å²) in [5.41, 5.74) is 2.44. The minimum Gasteiger partial charge on any atom is -0.212 e. The second-order valence-corrected chi connectivity index (χ2v) is 6.36. The smallest absolute Gasteiger partial charge is 0.212 e. The van der Waals surface area contributed by atoms with Gasteiger partial charge in [0.15, 0.2) is 0 Å². The molecule has 0 N–H and O–H groups in total. The van der Waals surface area contributed by atoms with Crippen LogP contribution in [0.2, 0.25) is 0 Å². The van der Waals surface area contributed by atoms with Crippen molar-refractivity contribution in [2.45, 2.75) is 13.3 Å². The van der Waals surface area contributed by atoms with E-state index in [0.29, 0.717) is 13.1 Å². The van der Waals surface area contributed by atoms with Crippen molar-refractivity contribution >= 4 is 15.6 Å². The Balaban J connectivity index is 2.14. The molecule has 0 saturated carbocycles. The molecule has 1 aliphatic rings. The van der Waals surface area contributed by atoms with Crippen LogP contribution in [0.15, 0.2) is 36.4 Å². The lowest BCUT2D eigenvalue weighted by Gasteiger charge is -2.25. The highest BCUT2D eigenvalue weighted by atomic mass is 32.2. The number of rotatable bonds is 3. The fraction of sp³-hybridized carbons (Fsp3) is 0.385. The van der Waals surface area contributed by atoms with Gasteiger partial charge in [-0.15, -0.1) is 0 Å². The molecular weight excluding hydrogens is 234 g/mol. The van der Waals surface area contributed by atoms with Crippen LogP contribution in [0.1, 0.15) is 18.9 Å². The minimum atomic E-state index is -3.04. The molecule has 3 nitrogen and oxygen atoms in total. The van der Waals surface area contributed by atoms with Crippen LogP contribution in [-0.2, 0) is 10.0 Å². The molecule has 1 aromatic rings. The van der Waals surface area contributed by atoms with E-state index in [0.717, 1.165) is 6.42 Å². The molecule has 0 fully saturated rings.